The summed E-state index contributed by atoms with van der Waals surface area (Å²) in [5.74, 6) is 0.689. The summed E-state index contributed by atoms with van der Waals surface area (Å²) in [4.78, 5) is 20.8. The van der Waals surface area contributed by atoms with Crippen LogP contribution < -0.4 is 5.32 Å². The lowest BCUT2D eigenvalue weighted by molar-refractivity contribution is -0.137. The highest BCUT2D eigenvalue weighted by Crippen LogP contribution is 2.34. The third kappa shape index (κ3) is 3.49. The summed E-state index contributed by atoms with van der Waals surface area (Å²) in [5.41, 5.74) is -0.736. The molecule has 2 N–H and O–H groups in total. The summed E-state index contributed by atoms with van der Waals surface area (Å²) < 4.78 is 44.1. The first-order valence-corrected chi connectivity index (χ1v) is 8.70. The molecule has 1 aliphatic carbocycles. The number of amides is 1. The number of anilines is 1. The fraction of sp³-hybridized carbons (Fsp3) is 0.333. The number of carbonyl (C=O) groups excluding carboxylic acids is 1. The Hall–Kier alpha value is -3.17. The van der Waals surface area contributed by atoms with Crippen molar-refractivity contribution in [1.82, 2.24) is 20.2 Å². The van der Waals surface area contributed by atoms with Crippen LogP contribution in [0.25, 0.3) is 11.5 Å². The zero-order chi connectivity index (χ0) is 19.9. The number of benzene rings is 1. The molecule has 2 aromatic heterocycles. The molecular weight excluding hydrogens is 375 g/mol. The van der Waals surface area contributed by atoms with Gasteiger partial charge in [0.25, 0.3) is 5.91 Å². The average molecular weight is 391 g/mol. The number of aromatic amines is 1. The van der Waals surface area contributed by atoms with E-state index in [0.717, 1.165) is 37.2 Å². The van der Waals surface area contributed by atoms with E-state index < -0.39 is 17.6 Å². The number of alkyl halides is 3. The molecule has 1 aliphatic rings. The maximum absolute atomic E-state index is 12.9. The van der Waals surface area contributed by atoms with Crippen molar-refractivity contribution in [3.8, 4) is 11.5 Å². The minimum Gasteiger partial charge on any atom is -0.441 e. The van der Waals surface area contributed by atoms with E-state index in [9.17, 15) is 18.0 Å². The molecule has 0 aliphatic heterocycles. The highest BCUT2D eigenvalue weighted by atomic mass is 19.4. The van der Waals surface area contributed by atoms with E-state index in [1.165, 1.54) is 19.1 Å². The molecular formula is C18H16F3N5O2. The van der Waals surface area contributed by atoms with Crippen LogP contribution in [0.2, 0.25) is 0 Å². The van der Waals surface area contributed by atoms with Gasteiger partial charge < -0.3 is 4.42 Å². The SMILES string of the molecule is Cc1oc(-c2cccc(C(F)(F)F)c2)nc1C(=O)Nc1n[nH]c(C2CCC2)n1. The first kappa shape index (κ1) is 18.2. The zero-order valence-corrected chi connectivity index (χ0v) is 14.8. The van der Waals surface area contributed by atoms with Crippen molar-refractivity contribution in [2.45, 2.75) is 38.3 Å². The molecule has 1 aromatic carbocycles. The molecule has 146 valence electrons. The zero-order valence-electron chi connectivity index (χ0n) is 14.8. The Morgan fingerprint density at radius 2 is 2.07 bits per heavy atom. The number of aromatic nitrogens is 4. The van der Waals surface area contributed by atoms with Crippen molar-refractivity contribution < 1.29 is 22.4 Å². The van der Waals surface area contributed by atoms with E-state index in [0.29, 0.717) is 5.92 Å². The second-order valence-electron chi connectivity index (χ2n) is 6.63. The maximum atomic E-state index is 12.9. The van der Waals surface area contributed by atoms with Gasteiger partial charge in [-0.05, 0) is 38.0 Å². The molecule has 2 heterocycles. The number of hydrogen-bond donors (Lipinski definition) is 2. The number of halogens is 3. The molecule has 0 saturated heterocycles. The molecule has 0 atom stereocenters. The molecule has 4 rings (SSSR count). The van der Waals surface area contributed by atoms with Crippen LogP contribution >= 0.6 is 0 Å². The molecule has 0 spiro atoms. The van der Waals surface area contributed by atoms with Gasteiger partial charge in [0.1, 0.15) is 11.6 Å². The molecule has 0 bridgehead atoms. The molecule has 3 aromatic rings. The number of rotatable bonds is 4. The Bertz CT molecular complexity index is 1020. The van der Waals surface area contributed by atoms with Crippen molar-refractivity contribution >= 4 is 11.9 Å². The van der Waals surface area contributed by atoms with E-state index in [-0.39, 0.29) is 28.9 Å². The summed E-state index contributed by atoms with van der Waals surface area (Å²) in [6.45, 7) is 1.51. The molecule has 1 fully saturated rings. The summed E-state index contributed by atoms with van der Waals surface area (Å²) >= 11 is 0. The first-order valence-electron chi connectivity index (χ1n) is 8.70. The molecule has 1 amide bonds. The standard InChI is InChI=1S/C18H16F3N5O2/c1-9-13(15(27)24-17-23-14(25-26-17)10-4-2-5-10)22-16(28-9)11-6-3-7-12(8-11)18(19,20)21/h3,6-8,10H,2,4-5H2,1H3,(H2,23,24,25,26,27). The van der Waals surface area contributed by atoms with Crippen LogP contribution in [0, 0.1) is 6.92 Å². The number of hydrogen-bond acceptors (Lipinski definition) is 5. The monoisotopic (exact) mass is 391 g/mol. The second-order valence-corrected chi connectivity index (χ2v) is 6.63. The van der Waals surface area contributed by atoms with Gasteiger partial charge in [0, 0.05) is 11.5 Å². The van der Waals surface area contributed by atoms with Gasteiger partial charge in [-0.3, -0.25) is 15.2 Å². The van der Waals surface area contributed by atoms with Crippen molar-refractivity contribution in [3.05, 3.63) is 47.1 Å². The van der Waals surface area contributed by atoms with E-state index in [1.54, 1.807) is 0 Å². The van der Waals surface area contributed by atoms with Crippen LogP contribution in [-0.2, 0) is 6.18 Å². The van der Waals surface area contributed by atoms with Gasteiger partial charge in [0.05, 0.1) is 5.56 Å². The summed E-state index contributed by atoms with van der Waals surface area (Å²) in [6, 6.07) is 4.57. The molecule has 0 unspecified atom stereocenters. The molecule has 1 saturated carbocycles. The topological polar surface area (TPSA) is 96.7 Å². The van der Waals surface area contributed by atoms with Crippen LogP contribution in [0.5, 0.6) is 0 Å². The van der Waals surface area contributed by atoms with Crippen LogP contribution in [0.3, 0.4) is 0 Å². The normalized spacial score (nSPS) is 14.7. The van der Waals surface area contributed by atoms with Crippen LogP contribution in [0.4, 0.5) is 19.1 Å². The third-order valence-electron chi connectivity index (χ3n) is 4.67. The number of nitrogens with zero attached hydrogens (tertiary/aromatic N) is 3. The van der Waals surface area contributed by atoms with Gasteiger partial charge in [-0.2, -0.15) is 18.2 Å². The fourth-order valence-electron chi connectivity index (χ4n) is 2.91. The van der Waals surface area contributed by atoms with Crippen LogP contribution in [0.1, 0.15) is 52.8 Å². The Morgan fingerprint density at radius 1 is 1.29 bits per heavy atom. The Balaban J connectivity index is 1.54. The Labute approximate surface area is 157 Å². The molecule has 7 nitrogen and oxygen atoms in total. The lowest BCUT2D eigenvalue weighted by atomic mass is 9.85. The lowest BCUT2D eigenvalue weighted by Crippen LogP contribution is -2.15. The highest BCUT2D eigenvalue weighted by Gasteiger charge is 2.31. The first-order chi connectivity index (χ1) is 13.3. The maximum Gasteiger partial charge on any atom is 0.416 e. The third-order valence-corrected chi connectivity index (χ3v) is 4.67. The van der Waals surface area contributed by atoms with Crippen molar-refractivity contribution in [3.63, 3.8) is 0 Å². The van der Waals surface area contributed by atoms with Crippen LogP contribution in [-0.4, -0.2) is 26.1 Å². The predicted molar refractivity (Wildman–Crippen MR) is 92.6 cm³/mol. The van der Waals surface area contributed by atoms with E-state index in [4.69, 9.17) is 4.42 Å². The van der Waals surface area contributed by atoms with Gasteiger partial charge in [-0.25, -0.2) is 4.98 Å². The Kier molecular flexibility index (Phi) is 4.40. The predicted octanol–water partition coefficient (Wildman–Crippen LogP) is 4.31. The minimum absolute atomic E-state index is 0.0394. The average Bonchev–Trinajstić information content (AvgIpc) is 3.19. The number of carbonyl (C=O) groups is 1. The smallest absolute Gasteiger partial charge is 0.416 e. The molecule has 10 heteroatoms. The van der Waals surface area contributed by atoms with E-state index in [2.05, 4.69) is 25.5 Å². The summed E-state index contributed by atoms with van der Waals surface area (Å²) in [7, 11) is 0. The van der Waals surface area contributed by atoms with E-state index >= 15 is 0 Å². The fourth-order valence-corrected chi connectivity index (χ4v) is 2.91. The van der Waals surface area contributed by atoms with Gasteiger partial charge in [-0.15, -0.1) is 5.10 Å². The molecule has 0 radical (unpaired) electrons. The lowest BCUT2D eigenvalue weighted by Gasteiger charge is -2.22. The summed E-state index contributed by atoms with van der Waals surface area (Å²) in [6.07, 6.45) is -1.28. The highest BCUT2D eigenvalue weighted by molar-refractivity contribution is 6.02. The van der Waals surface area contributed by atoms with Crippen molar-refractivity contribution in [1.29, 1.82) is 0 Å². The number of nitrogens with one attached hydrogen (secondary N) is 2. The minimum atomic E-state index is -4.48. The molecule has 28 heavy (non-hydrogen) atoms. The quantitative estimate of drug-likeness (QED) is 0.691. The van der Waals surface area contributed by atoms with Gasteiger partial charge >= 0.3 is 6.18 Å². The Morgan fingerprint density at radius 3 is 2.75 bits per heavy atom. The number of oxazole rings is 1. The van der Waals surface area contributed by atoms with Crippen molar-refractivity contribution in [2.75, 3.05) is 5.32 Å². The largest absolute Gasteiger partial charge is 0.441 e. The van der Waals surface area contributed by atoms with Crippen LogP contribution in [0.15, 0.2) is 28.7 Å². The number of aryl methyl sites for hydroxylation is 1. The number of H-pyrrole nitrogens is 1. The second kappa shape index (κ2) is 6.77. The van der Waals surface area contributed by atoms with Gasteiger partial charge in [-0.1, -0.05) is 12.5 Å². The van der Waals surface area contributed by atoms with Gasteiger partial charge in [0.2, 0.25) is 11.8 Å². The van der Waals surface area contributed by atoms with Crippen molar-refractivity contribution in [2.24, 2.45) is 0 Å². The summed E-state index contributed by atoms with van der Waals surface area (Å²) in [5, 5.41) is 9.30. The van der Waals surface area contributed by atoms with E-state index in [1.807, 2.05) is 0 Å². The van der Waals surface area contributed by atoms with Gasteiger partial charge in [0.15, 0.2) is 5.69 Å².